The molecule has 0 heterocycles. The fourth-order valence-corrected chi connectivity index (χ4v) is 4.51. The topological polar surface area (TPSA) is 34.1 Å². The molecule has 22 heavy (non-hydrogen) atoms. The van der Waals surface area contributed by atoms with Gasteiger partial charge in [-0.3, -0.25) is 0 Å². The molecule has 118 valence electrons. The van der Waals surface area contributed by atoms with Gasteiger partial charge in [-0.25, -0.2) is 8.42 Å². The van der Waals surface area contributed by atoms with Crippen LogP contribution in [0.4, 0.5) is 0 Å². The van der Waals surface area contributed by atoms with Gasteiger partial charge in [0, 0.05) is 5.92 Å². The van der Waals surface area contributed by atoms with Crippen molar-refractivity contribution in [3.8, 4) is 0 Å². The van der Waals surface area contributed by atoms with E-state index in [4.69, 9.17) is 0 Å². The molecular weight excluding hydrogens is 292 g/mol. The Hall–Kier alpha value is -1.61. The first-order valence-electron chi connectivity index (χ1n) is 7.84. The monoisotopic (exact) mass is 316 g/mol. The number of unbranched alkanes of at least 4 members (excludes halogenated alkanes) is 1. The first-order chi connectivity index (χ1) is 10.5. The average Bonchev–Trinajstić information content (AvgIpc) is 2.52. The molecule has 0 aromatic heterocycles. The highest BCUT2D eigenvalue weighted by atomic mass is 32.2. The van der Waals surface area contributed by atoms with Crippen molar-refractivity contribution in [2.24, 2.45) is 0 Å². The van der Waals surface area contributed by atoms with Crippen molar-refractivity contribution >= 4 is 9.84 Å². The SMILES string of the molecule is CCCCS(=O)(=O)CC(c1ccccc1)c1ccccc1C. The summed E-state index contributed by atoms with van der Waals surface area (Å²) >= 11 is 0. The lowest BCUT2D eigenvalue weighted by molar-refractivity contribution is 0.588. The second-order valence-electron chi connectivity index (χ2n) is 5.79. The number of benzene rings is 2. The molecule has 0 bridgehead atoms. The number of aryl methyl sites for hydroxylation is 1. The Balaban J connectivity index is 2.37. The van der Waals surface area contributed by atoms with Gasteiger partial charge in [0.1, 0.15) is 0 Å². The van der Waals surface area contributed by atoms with E-state index in [0.717, 1.165) is 29.5 Å². The molecule has 1 unspecified atom stereocenters. The van der Waals surface area contributed by atoms with Gasteiger partial charge in [-0.05, 0) is 30.0 Å². The van der Waals surface area contributed by atoms with Crippen LogP contribution < -0.4 is 0 Å². The van der Waals surface area contributed by atoms with Crippen LogP contribution in [0.15, 0.2) is 54.6 Å². The van der Waals surface area contributed by atoms with E-state index in [-0.39, 0.29) is 17.4 Å². The number of rotatable bonds is 7. The summed E-state index contributed by atoms with van der Waals surface area (Å²) in [6.07, 6.45) is 1.64. The first-order valence-corrected chi connectivity index (χ1v) is 9.66. The molecule has 0 aliphatic carbocycles. The zero-order chi connectivity index (χ0) is 16.0. The van der Waals surface area contributed by atoms with E-state index in [1.807, 2.05) is 68.4 Å². The van der Waals surface area contributed by atoms with Gasteiger partial charge in [-0.1, -0.05) is 67.9 Å². The van der Waals surface area contributed by atoms with Crippen molar-refractivity contribution < 1.29 is 8.42 Å². The summed E-state index contributed by atoms with van der Waals surface area (Å²) in [6.45, 7) is 4.06. The highest BCUT2D eigenvalue weighted by Crippen LogP contribution is 2.29. The van der Waals surface area contributed by atoms with E-state index < -0.39 is 9.84 Å². The lowest BCUT2D eigenvalue weighted by Gasteiger charge is -2.20. The van der Waals surface area contributed by atoms with Crippen molar-refractivity contribution in [2.75, 3.05) is 11.5 Å². The molecule has 2 nitrogen and oxygen atoms in total. The van der Waals surface area contributed by atoms with Crippen LogP contribution in [0.3, 0.4) is 0 Å². The Kier molecular flexibility index (Phi) is 5.78. The van der Waals surface area contributed by atoms with Crippen molar-refractivity contribution in [2.45, 2.75) is 32.6 Å². The minimum absolute atomic E-state index is 0.0933. The first kappa shape index (κ1) is 16.8. The van der Waals surface area contributed by atoms with Gasteiger partial charge in [0.2, 0.25) is 0 Å². The van der Waals surface area contributed by atoms with Gasteiger partial charge in [-0.2, -0.15) is 0 Å². The summed E-state index contributed by atoms with van der Waals surface area (Å²) in [7, 11) is -3.06. The maximum absolute atomic E-state index is 12.5. The minimum Gasteiger partial charge on any atom is -0.229 e. The van der Waals surface area contributed by atoms with Crippen LogP contribution in [0.2, 0.25) is 0 Å². The Morgan fingerprint density at radius 3 is 2.23 bits per heavy atom. The predicted octanol–water partition coefficient (Wildman–Crippen LogP) is 4.34. The maximum Gasteiger partial charge on any atom is 0.151 e. The van der Waals surface area contributed by atoms with Crippen molar-refractivity contribution in [1.29, 1.82) is 0 Å². The van der Waals surface area contributed by atoms with Crippen LogP contribution >= 0.6 is 0 Å². The minimum atomic E-state index is -3.06. The van der Waals surface area contributed by atoms with Crippen LogP contribution in [0.25, 0.3) is 0 Å². The van der Waals surface area contributed by atoms with Crippen molar-refractivity contribution in [3.63, 3.8) is 0 Å². The molecule has 1 atom stereocenters. The van der Waals surface area contributed by atoms with Gasteiger partial charge >= 0.3 is 0 Å². The highest BCUT2D eigenvalue weighted by molar-refractivity contribution is 7.91. The average molecular weight is 316 g/mol. The molecular formula is C19H24O2S. The molecule has 0 saturated heterocycles. The number of hydrogen-bond acceptors (Lipinski definition) is 2. The molecule has 0 amide bonds. The third-order valence-electron chi connectivity index (χ3n) is 4.00. The lowest BCUT2D eigenvalue weighted by Crippen LogP contribution is -2.19. The molecule has 0 saturated carbocycles. The third kappa shape index (κ3) is 4.44. The third-order valence-corrected chi connectivity index (χ3v) is 5.75. The summed E-state index contributed by atoms with van der Waals surface area (Å²) in [5, 5.41) is 0. The summed E-state index contributed by atoms with van der Waals surface area (Å²) in [4.78, 5) is 0. The smallest absolute Gasteiger partial charge is 0.151 e. The van der Waals surface area contributed by atoms with Gasteiger partial charge in [0.15, 0.2) is 9.84 Å². The second kappa shape index (κ2) is 7.59. The van der Waals surface area contributed by atoms with Crippen molar-refractivity contribution in [3.05, 3.63) is 71.3 Å². The molecule has 3 heteroatoms. The standard InChI is InChI=1S/C19H24O2S/c1-3-4-14-22(20,21)15-19(17-11-6-5-7-12-17)18-13-9-8-10-16(18)2/h5-13,19H,3-4,14-15H2,1-2H3. The summed E-state index contributed by atoms with van der Waals surface area (Å²) < 4.78 is 24.9. The molecule has 0 radical (unpaired) electrons. The summed E-state index contributed by atoms with van der Waals surface area (Å²) in [5.41, 5.74) is 3.31. The number of sulfone groups is 1. The second-order valence-corrected chi connectivity index (χ2v) is 8.02. The summed E-state index contributed by atoms with van der Waals surface area (Å²) in [6, 6.07) is 18.0. The van der Waals surface area contributed by atoms with Crippen LogP contribution in [0, 0.1) is 6.92 Å². The largest absolute Gasteiger partial charge is 0.229 e. The van der Waals surface area contributed by atoms with Crippen LogP contribution in [0.5, 0.6) is 0 Å². The number of hydrogen-bond donors (Lipinski definition) is 0. The zero-order valence-corrected chi connectivity index (χ0v) is 14.1. The van der Waals surface area contributed by atoms with Crippen molar-refractivity contribution in [1.82, 2.24) is 0 Å². The van der Waals surface area contributed by atoms with E-state index in [0.29, 0.717) is 0 Å². The fraction of sp³-hybridized carbons (Fsp3) is 0.368. The highest BCUT2D eigenvalue weighted by Gasteiger charge is 2.23. The Morgan fingerprint density at radius 1 is 0.955 bits per heavy atom. The molecule has 2 rings (SSSR count). The fourth-order valence-electron chi connectivity index (χ4n) is 2.73. The maximum atomic E-state index is 12.5. The lowest BCUT2D eigenvalue weighted by atomic mass is 9.90. The van der Waals surface area contributed by atoms with Crippen LogP contribution in [0.1, 0.15) is 42.4 Å². The van der Waals surface area contributed by atoms with E-state index in [1.54, 1.807) is 0 Å². The van der Waals surface area contributed by atoms with E-state index >= 15 is 0 Å². The van der Waals surface area contributed by atoms with Gasteiger partial charge < -0.3 is 0 Å². The molecule has 0 aliphatic rings. The van der Waals surface area contributed by atoms with Crippen LogP contribution in [-0.2, 0) is 9.84 Å². The van der Waals surface area contributed by atoms with Crippen LogP contribution in [-0.4, -0.2) is 19.9 Å². The van der Waals surface area contributed by atoms with E-state index in [1.165, 1.54) is 0 Å². The molecule has 0 fully saturated rings. The molecule has 2 aromatic carbocycles. The normalized spacial score (nSPS) is 13.0. The molecule has 0 N–H and O–H groups in total. The zero-order valence-electron chi connectivity index (χ0n) is 13.3. The Bertz CT molecular complexity index is 690. The predicted molar refractivity (Wildman–Crippen MR) is 93.0 cm³/mol. The Morgan fingerprint density at radius 2 is 1.59 bits per heavy atom. The van der Waals surface area contributed by atoms with Gasteiger partial charge in [0.05, 0.1) is 11.5 Å². The van der Waals surface area contributed by atoms with Gasteiger partial charge in [-0.15, -0.1) is 0 Å². The van der Waals surface area contributed by atoms with E-state index in [2.05, 4.69) is 0 Å². The Labute approximate surface area is 134 Å². The van der Waals surface area contributed by atoms with Gasteiger partial charge in [0.25, 0.3) is 0 Å². The quantitative estimate of drug-likeness (QED) is 0.761. The molecule has 0 spiro atoms. The molecule has 2 aromatic rings. The summed E-state index contributed by atoms with van der Waals surface area (Å²) in [5.74, 6) is 0.366. The molecule has 0 aliphatic heterocycles. The van der Waals surface area contributed by atoms with E-state index in [9.17, 15) is 8.42 Å².